The van der Waals surface area contributed by atoms with E-state index in [0.29, 0.717) is 26.7 Å². The summed E-state index contributed by atoms with van der Waals surface area (Å²) in [7, 11) is 0. The summed E-state index contributed by atoms with van der Waals surface area (Å²) in [6.07, 6.45) is 0. The Balaban J connectivity index is 2.08. The number of hydrogen-bond acceptors (Lipinski definition) is 2. The molecule has 0 aromatic heterocycles. The van der Waals surface area contributed by atoms with Crippen molar-refractivity contribution in [3.8, 4) is 0 Å². The average Bonchev–Trinajstić information content (AvgIpc) is 2.43. The van der Waals surface area contributed by atoms with Crippen LogP contribution in [0.2, 0.25) is 10.0 Å². The number of rotatable bonds is 5. The summed E-state index contributed by atoms with van der Waals surface area (Å²) in [6, 6.07) is 12.1. The van der Waals surface area contributed by atoms with E-state index in [1.165, 1.54) is 0 Å². The van der Waals surface area contributed by atoms with Crippen LogP contribution < -0.4 is 5.32 Å². The van der Waals surface area contributed by atoms with Gasteiger partial charge in [0.2, 0.25) is 0 Å². The van der Waals surface area contributed by atoms with Crippen molar-refractivity contribution in [2.75, 3.05) is 5.32 Å². The first kappa shape index (κ1) is 16.4. The van der Waals surface area contributed by atoms with Crippen LogP contribution in [0.15, 0.2) is 47.4 Å². The van der Waals surface area contributed by atoms with Crippen LogP contribution in [-0.2, 0) is 0 Å². The molecule has 0 aliphatic rings. The van der Waals surface area contributed by atoms with Crippen molar-refractivity contribution < 1.29 is 8.78 Å². The van der Waals surface area contributed by atoms with Gasteiger partial charge >= 0.3 is 0 Å². The molecule has 1 nitrogen and oxygen atoms in total. The van der Waals surface area contributed by atoms with Crippen molar-refractivity contribution in [2.24, 2.45) is 0 Å². The van der Waals surface area contributed by atoms with Gasteiger partial charge in [-0.2, -0.15) is 8.78 Å². The second kappa shape index (κ2) is 7.34. The first-order valence-electron chi connectivity index (χ1n) is 6.22. The highest BCUT2D eigenvalue weighted by Gasteiger charge is 2.11. The van der Waals surface area contributed by atoms with Crippen LogP contribution in [-0.4, -0.2) is 5.76 Å². The van der Waals surface area contributed by atoms with E-state index in [9.17, 15) is 8.78 Å². The second-order valence-corrected chi connectivity index (χ2v) is 6.34. The molecule has 0 radical (unpaired) electrons. The third-order valence-corrected chi connectivity index (χ3v) is 4.19. The van der Waals surface area contributed by atoms with Gasteiger partial charge in [-0.05, 0) is 55.0 Å². The van der Waals surface area contributed by atoms with Crippen molar-refractivity contribution in [3.63, 3.8) is 0 Å². The minimum Gasteiger partial charge on any atom is -0.378 e. The van der Waals surface area contributed by atoms with E-state index in [0.717, 1.165) is 11.3 Å². The minimum absolute atomic E-state index is 0.0511. The van der Waals surface area contributed by atoms with Crippen LogP contribution in [0.3, 0.4) is 0 Å². The standard InChI is InChI=1S/C15H13Cl2F2NS/c1-9(13-8-10(16)2-7-14(13)17)20-11-3-5-12(6-4-11)21-15(18)19/h2-9,15,20H,1H3. The van der Waals surface area contributed by atoms with Crippen LogP contribution in [0, 0.1) is 0 Å². The van der Waals surface area contributed by atoms with Gasteiger partial charge < -0.3 is 5.32 Å². The minimum atomic E-state index is -2.41. The Kier molecular flexibility index (Phi) is 5.73. The van der Waals surface area contributed by atoms with E-state index < -0.39 is 5.76 Å². The number of hydrogen-bond donors (Lipinski definition) is 1. The zero-order valence-electron chi connectivity index (χ0n) is 11.1. The Morgan fingerprint density at radius 3 is 2.33 bits per heavy atom. The number of nitrogens with one attached hydrogen (secondary N) is 1. The van der Waals surface area contributed by atoms with E-state index in [1.54, 1.807) is 36.4 Å². The zero-order chi connectivity index (χ0) is 15.4. The lowest BCUT2D eigenvalue weighted by molar-refractivity contribution is 0.252. The maximum Gasteiger partial charge on any atom is 0.288 e. The highest BCUT2D eigenvalue weighted by atomic mass is 35.5. The molecule has 0 aliphatic carbocycles. The Labute approximate surface area is 136 Å². The Hall–Kier alpha value is -0.970. The van der Waals surface area contributed by atoms with Gasteiger partial charge in [-0.15, -0.1) is 0 Å². The molecule has 0 fully saturated rings. The molecule has 2 rings (SSSR count). The summed E-state index contributed by atoms with van der Waals surface area (Å²) < 4.78 is 24.5. The molecule has 0 bridgehead atoms. The fourth-order valence-electron chi connectivity index (χ4n) is 1.91. The molecule has 2 aromatic carbocycles. The Morgan fingerprint density at radius 1 is 1.05 bits per heavy atom. The van der Waals surface area contributed by atoms with E-state index >= 15 is 0 Å². The lowest BCUT2D eigenvalue weighted by atomic mass is 10.1. The highest BCUT2D eigenvalue weighted by molar-refractivity contribution is 7.99. The molecular formula is C15H13Cl2F2NS. The van der Waals surface area contributed by atoms with Crippen LogP contribution in [0.1, 0.15) is 18.5 Å². The monoisotopic (exact) mass is 347 g/mol. The summed E-state index contributed by atoms with van der Waals surface area (Å²) in [6.45, 7) is 1.96. The normalized spacial score (nSPS) is 12.5. The summed E-state index contributed by atoms with van der Waals surface area (Å²) >= 11 is 12.7. The fraction of sp³-hybridized carbons (Fsp3) is 0.200. The van der Waals surface area contributed by atoms with Crippen molar-refractivity contribution in [2.45, 2.75) is 23.6 Å². The molecule has 112 valence electrons. The van der Waals surface area contributed by atoms with Gasteiger partial charge in [-0.3, -0.25) is 0 Å². The smallest absolute Gasteiger partial charge is 0.288 e. The largest absolute Gasteiger partial charge is 0.378 e. The second-order valence-electron chi connectivity index (χ2n) is 4.43. The van der Waals surface area contributed by atoms with Gasteiger partial charge in [0, 0.05) is 20.6 Å². The molecular weight excluding hydrogens is 335 g/mol. The number of benzene rings is 2. The van der Waals surface area contributed by atoms with Gasteiger partial charge in [0.25, 0.3) is 5.76 Å². The molecule has 0 amide bonds. The molecule has 1 unspecified atom stereocenters. The Morgan fingerprint density at radius 2 is 1.71 bits per heavy atom. The molecule has 0 spiro atoms. The van der Waals surface area contributed by atoms with E-state index in [-0.39, 0.29) is 6.04 Å². The topological polar surface area (TPSA) is 12.0 Å². The average molecular weight is 348 g/mol. The molecule has 0 aliphatic heterocycles. The number of anilines is 1. The van der Waals surface area contributed by atoms with Gasteiger partial charge in [-0.1, -0.05) is 35.0 Å². The van der Waals surface area contributed by atoms with Crippen LogP contribution in [0.4, 0.5) is 14.5 Å². The molecule has 1 atom stereocenters. The van der Waals surface area contributed by atoms with Gasteiger partial charge in [-0.25, -0.2) is 0 Å². The first-order chi connectivity index (χ1) is 9.95. The first-order valence-corrected chi connectivity index (χ1v) is 7.85. The molecule has 0 heterocycles. The third kappa shape index (κ3) is 4.77. The number of alkyl halides is 2. The quantitative estimate of drug-likeness (QED) is 0.621. The maximum atomic E-state index is 12.3. The van der Waals surface area contributed by atoms with Gasteiger partial charge in [0.15, 0.2) is 0 Å². The summed E-state index contributed by atoms with van der Waals surface area (Å²) in [4.78, 5) is 0.531. The summed E-state index contributed by atoms with van der Waals surface area (Å²) in [5.41, 5.74) is 1.72. The van der Waals surface area contributed by atoms with Crippen molar-refractivity contribution in [3.05, 3.63) is 58.1 Å². The van der Waals surface area contributed by atoms with Crippen molar-refractivity contribution in [1.29, 1.82) is 0 Å². The van der Waals surface area contributed by atoms with Gasteiger partial charge in [0.05, 0.1) is 6.04 Å². The lowest BCUT2D eigenvalue weighted by Gasteiger charge is -2.17. The van der Waals surface area contributed by atoms with Crippen LogP contribution in [0.25, 0.3) is 0 Å². The molecule has 1 N–H and O–H groups in total. The summed E-state index contributed by atoms with van der Waals surface area (Å²) in [5, 5.41) is 4.51. The molecule has 6 heteroatoms. The fourth-order valence-corrected chi connectivity index (χ4v) is 2.87. The van der Waals surface area contributed by atoms with Crippen molar-refractivity contribution in [1.82, 2.24) is 0 Å². The predicted molar refractivity (Wildman–Crippen MR) is 86.8 cm³/mol. The number of thioether (sulfide) groups is 1. The predicted octanol–water partition coefficient (Wildman–Crippen LogP) is 6.48. The lowest BCUT2D eigenvalue weighted by Crippen LogP contribution is -2.07. The van der Waals surface area contributed by atoms with E-state index in [2.05, 4.69) is 5.32 Å². The molecule has 0 saturated heterocycles. The van der Waals surface area contributed by atoms with E-state index in [4.69, 9.17) is 23.2 Å². The zero-order valence-corrected chi connectivity index (χ0v) is 13.4. The highest BCUT2D eigenvalue weighted by Crippen LogP contribution is 2.30. The molecule has 21 heavy (non-hydrogen) atoms. The molecule has 2 aromatic rings. The summed E-state index contributed by atoms with van der Waals surface area (Å²) in [5.74, 6) is -2.41. The van der Waals surface area contributed by atoms with Crippen LogP contribution in [0.5, 0.6) is 0 Å². The Bertz CT molecular complexity index is 605. The van der Waals surface area contributed by atoms with Crippen LogP contribution >= 0.6 is 35.0 Å². The van der Waals surface area contributed by atoms with E-state index in [1.807, 2.05) is 13.0 Å². The number of halogens is 4. The van der Waals surface area contributed by atoms with Crippen molar-refractivity contribution >= 4 is 40.7 Å². The maximum absolute atomic E-state index is 12.3. The SMILES string of the molecule is CC(Nc1ccc(SC(F)F)cc1)c1cc(Cl)ccc1Cl. The third-order valence-electron chi connectivity index (χ3n) is 2.89. The van der Waals surface area contributed by atoms with Gasteiger partial charge in [0.1, 0.15) is 0 Å². The molecule has 0 saturated carbocycles.